The van der Waals surface area contributed by atoms with E-state index in [-0.39, 0.29) is 0 Å². The molecule has 1 rings (SSSR count). The van der Waals surface area contributed by atoms with Crippen LogP contribution in [0.25, 0.3) is 0 Å². The number of aliphatic imine (C=N–C) groups is 1. The van der Waals surface area contributed by atoms with Crippen LogP contribution in [0.3, 0.4) is 0 Å². The zero-order valence-electron chi connectivity index (χ0n) is 4.29. The van der Waals surface area contributed by atoms with Crippen LogP contribution in [0, 0.1) is 0 Å². The Kier molecular flexibility index (Phi) is 1.35. The van der Waals surface area contributed by atoms with Crippen LogP contribution < -0.4 is 0 Å². The molecular formula is C6H5NS. The molecule has 0 atom stereocenters. The molecule has 40 valence electrons. The Labute approximate surface area is 53.4 Å². The fraction of sp³-hybridized carbons (Fsp3) is 0. The Balaban J connectivity index is 2.89. The van der Waals surface area contributed by atoms with Crippen LogP contribution in [-0.4, -0.2) is 11.2 Å². The molecule has 0 aromatic carbocycles. The summed E-state index contributed by atoms with van der Waals surface area (Å²) in [5, 5.41) is 0. The number of nitrogens with zero attached hydrogens (tertiary/aromatic N) is 1. The fourth-order valence-electron chi connectivity index (χ4n) is 0.424. The first-order valence-electron chi connectivity index (χ1n) is 2.24. The highest BCUT2D eigenvalue weighted by atomic mass is 32.1. The second-order valence-corrected chi connectivity index (χ2v) is 1.85. The summed E-state index contributed by atoms with van der Waals surface area (Å²) in [6, 6.07) is 0. The molecule has 2 heteroatoms. The van der Waals surface area contributed by atoms with Gasteiger partial charge >= 0.3 is 0 Å². The van der Waals surface area contributed by atoms with Crippen molar-refractivity contribution in [3.05, 3.63) is 24.3 Å². The molecule has 0 fully saturated rings. The van der Waals surface area contributed by atoms with Crippen LogP contribution in [0.2, 0.25) is 0 Å². The van der Waals surface area contributed by atoms with E-state index < -0.39 is 0 Å². The molecule has 0 spiro atoms. The third-order valence-electron chi connectivity index (χ3n) is 0.850. The molecule has 1 aliphatic rings. The predicted molar refractivity (Wildman–Crippen MR) is 39.4 cm³/mol. The molecule has 1 heterocycles. The third kappa shape index (κ3) is 0.898. The first kappa shape index (κ1) is 5.38. The summed E-state index contributed by atoms with van der Waals surface area (Å²) in [6.07, 6.45) is 5.32. The summed E-state index contributed by atoms with van der Waals surface area (Å²) < 4.78 is 0. The molecule has 0 aliphatic carbocycles. The lowest BCUT2D eigenvalue weighted by Gasteiger charge is -1.97. The quantitative estimate of drug-likeness (QED) is 0.351. The third-order valence-corrected chi connectivity index (χ3v) is 1.22. The maximum absolute atomic E-state index is 4.78. The number of rotatable bonds is 0. The van der Waals surface area contributed by atoms with Gasteiger partial charge in [0.15, 0.2) is 0 Å². The summed E-state index contributed by atoms with van der Waals surface area (Å²) >= 11 is 4.78. The van der Waals surface area contributed by atoms with Gasteiger partial charge in [0.05, 0.1) is 0 Å². The van der Waals surface area contributed by atoms with E-state index in [0.717, 1.165) is 5.57 Å². The molecule has 0 radical (unpaired) electrons. The monoisotopic (exact) mass is 123 g/mol. The summed E-state index contributed by atoms with van der Waals surface area (Å²) in [6.45, 7) is 3.65. The minimum atomic E-state index is 0.590. The molecule has 0 unspecified atom stereocenters. The van der Waals surface area contributed by atoms with E-state index in [2.05, 4.69) is 11.6 Å². The first-order chi connectivity index (χ1) is 3.80. The van der Waals surface area contributed by atoms with Crippen LogP contribution in [0.4, 0.5) is 0 Å². The van der Waals surface area contributed by atoms with E-state index in [4.69, 9.17) is 12.2 Å². The molecule has 0 saturated heterocycles. The van der Waals surface area contributed by atoms with Gasteiger partial charge in [-0.3, -0.25) is 0 Å². The maximum atomic E-state index is 4.78. The molecule has 0 saturated carbocycles. The van der Waals surface area contributed by atoms with Gasteiger partial charge in [0.25, 0.3) is 0 Å². The molecule has 0 N–H and O–H groups in total. The zero-order valence-corrected chi connectivity index (χ0v) is 5.11. The number of allylic oxidation sites excluding steroid dienone is 1. The van der Waals surface area contributed by atoms with Gasteiger partial charge in [-0.1, -0.05) is 24.9 Å². The van der Waals surface area contributed by atoms with E-state index >= 15 is 0 Å². The molecule has 1 nitrogen and oxygen atoms in total. The van der Waals surface area contributed by atoms with Crippen molar-refractivity contribution in [1.29, 1.82) is 0 Å². The normalized spacial score (nSPS) is 17.5. The first-order valence-corrected chi connectivity index (χ1v) is 2.65. The van der Waals surface area contributed by atoms with Crippen molar-refractivity contribution in [3.63, 3.8) is 0 Å². The number of hydrogen-bond donors (Lipinski definition) is 0. The highest BCUT2D eigenvalue weighted by molar-refractivity contribution is 7.80. The molecule has 0 amide bonds. The van der Waals surface area contributed by atoms with E-state index in [9.17, 15) is 0 Å². The minimum Gasteiger partial charge on any atom is -0.245 e. The largest absolute Gasteiger partial charge is 0.245 e. The molecule has 0 bridgehead atoms. The van der Waals surface area contributed by atoms with Crippen LogP contribution in [0.15, 0.2) is 29.3 Å². The second-order valence-electron chi connectivity index (χ2n) is 1.47. The van der Waals surface area contributed by atoms with Crippen LogP contribution >= 0.6 is 12.2 Å². The van der Waals surface area contributed by atoms with Crippen molar-refractivity contribution in [2.75, 3.05) is 0 Å². The van der Waals surface area contributed by atoms with E-state index in [1.165, 1.54) is 0 Å². The summed E-state index contributed by atoms with van der Waals surface area (Å²) in [7, 11) is 0. The Hall–Kier alpha value is -0.760. The minimum absolute atomic E-state index is 0.590. The van der Waals surface area contributed by atoms with Crippen LogP contribution in [0.5, 0.6) is 0 Å². The zero-order chi connectivity index (χ0) is 5.98. The molecule has 0 aromatic heterocycles. The van der Waals surface area contributed by atoms with Crippen molar-refractivity contribution in [2.24, 2.45) is 4.99 Å². The summed E-state index contributed by atoms with van der Waals surface area (Å²) in [5.41, 5.74) is 0.822. The molecule has 8 heavy (non-hydrogen) atoms. The number of hydrogen-bond acceptors (Lipinski definition) is 1. The lowest BCUT2D eigenvalue weighted by atomic mass is 10.2. The topological polar surface area (TPSA) is 12.4 Å². The Morgan fingerprint density at radius 1 is 1.62 bits per heavy atom. The summed E-state index contributed by atoms with van der Waals surface area (Å²) in [5.74, 6) is 0. The van der Waals surface area contributed by atoms with E-state index in [1.807, 2.05) is 12.2 Å². The SMILES string of the molecule is C=C1C=CC=NC1=S. The van der Waals surface area contributed by atoms with E-state index in [1.54, 1.807) is 6.21 Å². The van der Waals surface area contributed by atoms with Gasteiger partial charge in [0.1, 0.15) is 4.99 Å². The van der Waals surface area contributed by atoms with Gasteiger partial charge in [0, 0.05) is 11.8 Å². The lowest BCUT2D eigenvalue weighted by Crippen LogP contribution is -1.94. The second kappa shape index (κ2) is 2.01. The highest BCUT2D eigenvalue weighted by Gasteiger charge is 1.96. The van der Waals surface area contributed by atoms with E-state index in [0.29, 0.717) is 4.99 Å². The Morgan fingerprint density at radius 3 is 2.75 bits per heavy atom. The van der Waals surface area contributed by atoms with Crippen molar-refractivity contribution < 1.29 is 0 Å². The average Bonchev–Trinajstić information content (AvgIpc) is 1.77. The van der Waals surface area contributed by atoms with Crippen molar-refractivity contribution in [3.8, 4) is 0 Å². The summed E-state index contributed by atoms with van der Waals surface area (Å²) in [4.78, 5) is 4.42. The average molecular weight is 123 g/mol. The Bertz CT molecular complexity index is 167. The number of thiocarbonyl (C=S) groups is 1. The van der Waals surface area contributed by atoms with Gasteiger partial charge in [-0.15, -0.1) is 0 Å². The van der Waals surface area contributed by atoms with Gasteiger partial charge in [-0.25, -0.2) is 4.99 Å². The molecular weight excluding hydrogens is 118 g/mol. The van der Waals surface area contributed by atoms with Crippen LogP contribution in [0.1, 0.15) is 0 Å². The fourth-order valence-corrected chi connectivity index (χ4v) is 0.553. The van der Waals surface area contributed by atoms with Crippen molar-refractivity contribution in [1.82, 2.24) is 0 Å². The highest BCUT2D eigenvalue weighted by Crippen LogP contribution is 2.01. The van der Waals surface area contributed by atoms with Crippen LogP contribution in [-0.2, 0) is 0 Å². The predicted octanol–water partition coefficient (Wildman–Crippen LogP) is 1.51. The lowest BCUT2D eigenvalue weighted by molar-refractivity contribution is 1.69. The van der Waals surface area contributed by atoms with Gasteiger partial charge in [0.2, 0.25) is 0 Å². The van der Waals surface area contributed by atoms with Gasteiger partial charge < -0.3 is 0 Å². The van der Waals surface area contributed by atoms with Crippen molar-refractivity contribution >= 4 is 23.4 Å². The molecule has 0 aromatic rings. The maximum Gasteiger partial charge on any atom is 0.132 e. The Morgan fingerprint density at radius 2 is 2.38 bits per heavy atom. The standard InChI is InChI=1S/C6H5NS/c1-5-3-2-4-7-6(5)8/h2-4H,1H2. The van der Waals surface area contributed by atoms with Gasteiger partial charge in [-0.2, -0.15) is 0 Å². The van der Waals surface area contributed by atoms with Crippen molar-refractivity contribution in [2.45, 2.75) is 0 Å². The molecule has 1 aliphatic heterocycles. The smallest absolute Gasteiger partial charge is 0.132 e. The van der Waals surface area contributed by atoms with Gasteiger partial charge in [-0.05, 0) is 6.08 Å². The number of dihydropyridines is 1.